The van der Waals surface area contributed by atoms with E-state index in [0.29, 0.717) is 6.54 Å². The minimum absolute atomic E-state index is 0.108. The van der Waals surface area contributed by atoms with Gasteiger partial charge < -0.3 is 5.32 Å². The topological polar surface area (TPSA) is 29.1 Å². The van der Waals surface area contributed by atoms with E-state index in [1.807, 2.05) is 0 Å². The van der Waals surface area contributed by atoms with Gasteiger partial charge in [-0.1, -0.05) is 29.8 Å². The molecule has 1 aromatic rings. The van der Waals surface area contributed by atoms with Gasteiger partial charge in [-0.2, -0.15) is 0 Å². The number of aryl methyl sites for hydroxylation is 1. The molecule has 0 saturated carbocycles. The zero-order chi connectivity index (χ0) is 11.3. The van der Waals surface area contributed by atoms with Crippen LogP contribution in [0, 0.1) is 6.92 Å². The van der Waals surface area contributed by atoms with Crippen LogP contribution in [0.25, 0.3) is 0 Å². The van der Waals surface area contributed by atoms with E-state index in [4.69, 9.17) is 11.6 Å². The first-order chi connectivity index (χ1) is 7.09. The van der Waals surface area contributed by atoms with E-state index in [2.05, 4.69) is 36.5 Å². The smallest absolute Gasteiger partial charge is 0.237 e. The molecule has 3 heteroatoms. The maximum absolute atomic E-state index is 11.1. The zero-order valence-electron chi connectivity index (χ0n) is 9.09. The first-order valence-electron chi connectivity index (χ1n) is 5.07. The van der Waals surface area contributed by atoms with Crippen molar-refractivity contribution in [2.75, 3.05) is 6.54 Å². The Bertz CT molecular complexity index is 319. The molecule has 1 N–H and O–H groups in total. The van der Waals surface area contributed by atoms with Gasteiger partial charge in [0, 0.05) is 6.54 Å². The van der Waals surface area contributed by atoms with Crippen molar-refractivity contribution in [3.8, 4) is 0 Å². The fourth-order valence-corrected chi connectivity index (χ4v) is 1.30. The predicted molar refractivity (Wildman–Crippen MR) is 63.2 cm³/mol. The molecular formula is C12H16ClNO. The van der Waals surface area contributed by atoms with Gasteiger partial charge in [-0.15, -0.1) is 11.6 Å². The van der Waals surface area contributed by atoms with E-state index in [0.717, 1.165) is 6.42 Å². The molecule has 0 saturated heterocycles. The molecule has 1 unspecified atom stereocenters. The minimum Gasteiger partial charge on any atom is -0.354 e. The number of benzene rings is 1. The van der Waals surface area contributed by atoms with Crippen molar-refractivity contribution >= 4 is 17.5 Å². The third-order valence-electron chi connectivity index (χ3n) is 2.19. The van der Waals surface area contributed by atoms with Gasteiger partial charge in [0.2, 0.25) is 5.91 Å². The number of amides is 1. The summed E-state index contributed by atoms with van der Waals surface area (Å²) in [4.78, 5) is 11.1. The highest BCUT2D eigenvalue weighted by molar-refractivity contribution is 6.30. The lowest BCUT2D eigenvalue weighted by molar-refractivity contribution is -0.120. The molecule has 0 radical (unpaired) electrons. The van der Waals surface area contributed by atoms with Crippen LogP contribution >= 0.6 is 11.6 Å². The minimum atomic E-state index is -0.456. The Kier molecular flexibility index (Phi) is 4.63. The van der Waals surface area contributed by atoms with Gasteiger partial charge in [0.25, 0.3) is 0 Å². The molecular weight excluding hydrogens is 210 g/mol. The molecule has 1 rings (SSSR count). The summed E-state index contributed by atoms with van der Waals surface area (Å²) in [6, 6.07) is 8.29. The number of carbonyl (C=O) groups excluding carboxylic acids is 1. The fraction of sp³-hybridized carbons (Fsp3) is 0.417. The molecule has 1 aromatic carbocycles. The molecule has 0 fully saturated rings. The van der Waals surface area contributed by atoms with Crippen LogP contribution in [0.4, 0.5) is 0 Å². The highest BCUT2D eigenvalue weighted by Gasteiger charge is 2.06. The van der Waals surface area contributed by atoms with Crippen LogP contribution in [0.1, 0.15) is 18.1 Å². The van der Waals surface area contributed by atoms with Gasteiger partial charge in [-0.05, 0) is 25.8 Å². The number of alkyl halides is 1. The second-order valence-electron chi connectivity index (χ2n) is 3.64. The van der Waals surface area contributed by atoms with Crippen molar-refractivity contribution in [1.82, 2.24) is 5.32 Å². The Labute approximate surface area is 95.6 Å². The van der Waals surface area contributed by atoms with Crippen LogP contribution in [0.3, 0.4) is 0 Å². The molecule has 0 bridgehead atoms. The van der Waals surface area contributed by atoms with Crippen LogP contribution in [0.5, 0.6) is 0 Å². The normalized spacial score (nSPS) is 12.2. The number of halogens is 1. The molecule has 0 aliphatic rings. The summed E-state index contributed by atoms with van der Waals surface area (Å²) in [5, 5.41) is 2.32. The summed E-state index contributed by atoms with van der Waals surface area (Å²) < 4.78 is 0. The lowest BCUT2D eigenvalue weighted by Gasteiger charge is -2.06. The van der Waals surface area contributed by atoms with Crippen molar-refractivity contribution in [2.45, 2.75) is 25.6 Å². The third kappa shape index (κ3) is 4.34. The lowest BCUT2D eigenvalue weighted by Crippen LogP contribution is -2.31. The van der Waals surface area contributed by atoms with Crippen molar-refractivity contribution in [3.63, 3.8) is 0 Å². The van der Waals surface area contributed by atoms with Crippen LogP contribution in [-0.2, 0) is 11.2 Å². The third-order valence-corrected chi connectivity index (χ3v) is 2.39. The monoisotopic (exact) mass is 225 g/mol. The Balaban J connectivity index is 2.32. The van der Waals surface area contributed by atoms with E-state index in [9.17, 15) is 4.79 Å². The molecule has 82 valence electrons. The number of hydrogen-bond acceptors (Lipinski definition) is 1. The van der Waals surface area contributed by atoms with Crippen molar-refractivity contribution in [3.05, 3.63) is 35.4 Å². The standard InChI is InChI=1S/C12H16ClNO/c1-9-3-5-11(6-4-9)7-8-14-12(15)10(2)13/h3-6,10H,7-8H2,1-2H3,(H,14,15). The highest BCUT2D eigenvalue weighted by Crippen LogP contribution is 2.03. The molecule has 1 amide bonds. The zero-order valence-corrected chi connectivity index (χ0v) is 9.84. The summed E-state index contributed by atoms with van der Waals surface area (Å²) >= 11 is 5.62. The second kappa shape index (κ2) is 5.76. The average molecular weight is 226 g/mol. The van der Waals surface area contributed by atoms with Crippen LogP contribution in [0.2, 0.25) is 0 Å². The Morgan fingerprint density at radius 2 is 2.00 bits per heavy atom. The maximum Gasteiger partial charge on any atom is 0.237 e. The summed E-state index contributed by atoms with van der Waals surface area (Å²) in [6.45, 7) is 4.36. The van der Waals surface area contributed by atoms with Crippen LogP contribution in [0.15, 0.2) is 24.3 Å². The Morgan fingerprint density at radius 3 is 2.53 bits per heavy atom. The van der Waals surface area contributed by atoms with E-state index >= 15 is 0 Å². The summed E-state index contributed by atoms with van der Waals surface area (Å²) in [6.07, 6.45) is 0.843. The van der Waals surface area contributed by atoms with Crippen molar-refractivity contribution in [2.24, 2.45) is 0 Å². The molecule has 0 aromatic heterocycles. The van der Waals surface area contributed by atoms with Crippen LogP contribution < -0.4 is 5.32 Å². The van der Waals surface area contributed by atoms with Crippen molar-refractivity contribution < 1.29 is 4.79 Å². The van der Waals surface area contributed by atoms with Crippen LogP contribution in [-0.4, -0.2) is 17.8 Å². The van der Waals surface area contributed by atoms with Gasteiger partial charge >= 0.3 is 0 Å². The first kappa shape index (κ1) is 12.1. The number of carbonyl (C=O) groups is 1. The van der Waals surface area contributed by atoms with E-state index in [1.54, 1.807) is 6.92 Å². The maximum atomic E-state index is 11.1. The number of nitrogens with one attached hydrogen (secondary N) is 1. The van der Waals surface area contributed by atoms with Gasteiger partial charge in [0.1, 0.15) is 5.38 Å². The molecule has 0 spiro atoms. The second-order valence-corrected chi connectivity index (χ2v) is 4.30. The van der Waals surface area contributed by atoms with Gasteiger partial charge in [-0.25, -0.2) is 0 Å². The molecule has 1 atom stereocenters. The summed E-state index contributed by atoms with van der Waals surface area (Å²) in [5.41, 5.74) is 2.47. The Hall–Kier alpha value is -1.02. The number of hydrogen-bond donors (Lipinski definition) is 1. The predicted octanol–water partition coefficient (Wildman–Crippen LogP) is 2.28. The quantitative estimate of drug-likeness (QED) is 0.783. The highest BCUT2D eigenvalue weighted by atomic mass is 35.5. The molecule has 2 nitrogen and oxygen atoms in total. The summed E-state index contributed by atoms with van der Waals surface area (Å²) in [7, 11) is 0. The molecule has 0 aliphatic carbocycles. The fourth-order valence-electron chi connectivity index (χ4n) is 1.23. The molecule has 15 heavy (non-hydrogen) atoms. The number of rotatable bonds is 4. The van der Waals surface area contributed by atoms with Gasteiger partial charge in [-0.3, -0.25) is 4.79 Å². The van der Waals surface area contributed by atoms with E-state index < -0.39 is 5.38 Å². The van der Waals surface area contributed by atoms with Gasteiger partial charge in [0.15, 0.2) is 0 Å². The average Bonchev–Trinajstić information content (AvgIpc) is 2.20. The molecule has 0 heterocycles. The van der Waals surface area contributed by atoms with E-state index in [1.165, 1.54) is 11.1 Å². The largest absolute Gasteiger partial charge is 0.354 e. The lowest BCUT2D eigenvalue weighted by atomic mass is 10.1. The van der Waals surface area contributed by atoms with E-state index in [-0.39, 0.29) is 5.91 Å². The first-order valence-corrected chi connectivity index (χ1v) is 5.50. The van der Waals surface area contributed by atoms with Crippen molar-refractivity contribution in [1.29, 1.82) is 0 Å². The molecule has 0 aliphatic heterocycles. The SMILES string of the molecule is Cc1ccc(CCNC(=O)C(C)Cl)cc1. The Morgan fingerprint density at radius 1 is 1.40 bits per heavy atom. The summed E-state index contributed by atoms with van der Waals surface area (Å²) in [5.74, 6) is -0.108. The van der Waals surface area contributed by atoms with Gasteiger partial charge in [0.05, 0.1) is 0 Å².